The maximum absolute atomic E-state index is 11.9. The summed E-state index contributed by atoms with van der Waals surface area (Å²) in [6, 6.07) is 6.31. The standard InChI is InChI=1S/C28H42N2O2/c1-2-3-16-23-29-24-17-14-12-10-8-6-4-5-7-9-11-13-15-18-25-30-28(32)26-19-21-27(31)22-20-26/h4-5,8-11,14,17,19-22,29,31H,2-3,6-7,12-13,15-16,18,23-25H2,1H3,(H,30,32)/b5-4-,10-8-,11-9-,17-14-. The first-order chi connectivity index (χ1) is 15.7. The number of benzene rings is 1. The molecule has 0 heterocycles. The van der Waals surface area contributed by atoms with E-state index >= 15 is 0 Å². The van der Waals surface area contributed by atoms with Crippen molar-refractivity contribution >= 4 is 5.91 Å². The molecule has 4 heteroatoms. The Kier molecular flexibility index (Phi) is 17.4. The number of carbonyl (C=O) groups is 1. The molecule has 1 aromatic carbocycles. The molecule has 3 N–H and O–H groups in total. The summed E-state index contributed by atoms with van der Waals surface area (Å²) in [6.07, 6.45) is 27.5. The molecular weight excluding hydrogens is 396 g/mol. The fraction of sp³-hybridized carbons (Fsp3) is 0.464. The molecule has 0 aliphatic heterocycles. The van der Waals surface area contributed by atoms with Gasteiger partial charge < -0.3 is 15.7 Å². The predicted molar refractivity (Wildman–Crippen MR) is 137 cm³/mol. The van der Waals surface area contributed by atoms with Gasteiger partial charge in [-0.2, -0.15) is 0 Å². The zero-order valence-electron chi connectivity index (χ0n) is 19.8. The maximum atomic E-state index is 11.9. The fourth-order valence-electron chi connectivity index (χ4n) is 3.00. The minimum Gasteiger partial charge on any atom is -0.508 e. The van der Waals surface area contributed by atoms with Gasteiger partial charge >= 0.3 is 0 Å². The van der Waals surface area contributed by atoms with Crippen LogP contribution in [0.25, 0.3) is 0 Å². The second-order valence-electron chi connectivity index (χ2n) is 7.80. The van der Waals surface area contributed by atoms with E-state index in [0.717, 1.165) is 51.6 Å². The van der Waals surface area contributed by atoms with Crippen LogP contribution in [0.4, 0.5) is 0 Å². The highest BCUT2D eigenvalue weighted by Crippen LogP contribution is 2.09. The van der Waals surface area contributed by atoms with Crippen LogP contribution in [-0.4, -0.2) is 30.6 Å². The Morgan fingerprint density at radius 2 is 1.38 bits per heavy atom. The summed E-state index contributed by atoms with van der Waals surface area (Å²) in [7, 11) is 0. The normalized spacial score (nSPS) is 12.0. The van der Waals surface area contributed by atoms with E-state index in [9.17, 15) is 9.90 Å². The summed E-state index contributed by atoms with van der Waals surface area (Å²) in [6.45, 7) is 4.99. The van der Waals surface area contributed by atoms with Gasteiger partial charge in [0, 0.05) is 18.7 Å². The van der Waals surface area contributed by atoms with Gasteiger partial charge in [-0.15, -0.1) is 0 Å². The minimum atomic E-state index is -0.0921. The average Bonchev–Trinajstić information content (AvgIpc) is 2.80. The topological polar surface area (TPSA) is 61.4 Å². The van der Waals surface area contributed by atoms with Crippen LogP contribution in [0.3, 0.4) is 0 Å². The number of phenols is 1. The number of rotatable bonds is 18. The quantitative estimate of drug-likeness (QED) is 0.182. The molecule has 0 bridgehead atoms. The molecule has 32 heavy (non-hydrogen) atoms. The van der Waals surface area contributed by atoms with Gasteiger partial charge in [-0.05, 0) is 75.8 Å². The number of hydrogen-bond acceptors (Lipinski definition) is 3. The fourth-order valence-corrected chi connectivity index (χ4v) is 3.00. The summed E-state index contributed by atoms with van der Waals surface area (Å²) in [4.78, 5) is 11.9. The molecule has 0 radical (unpaired) electrons. The third-order valence-electron chi connectivity index (χ3n) is 4.92. The van der Waals surface area contributed by atoms with Gasteiger partial charge in [0.2, 0.25) is 0 Å². The van der Waals surface area contributed by atoms with E-state index in [1.807, 2.05) is 0 Å². The zero-order valence-corrected chi connectivity index (χ0v) is 19.8. The number of aromatic hydroxyl groups is 1. The van der Waals surface area contributed by atoms with E-state index in [-0.39, 0.29) is 11.7 Å². The highest BCUT2D eigenvalue weighted by Gasteiger charge is 2.03. The molecule has 1 amide bonds. The van der Waals surface area contributed by atoms with Crippen LogP contribution < -0.4 is 10.6 Å². The molecule has 0 saturated carbocycles. The average molecular weight is 439 g/mol. The molecule has 0 saturated heterocycles. The monoisotopic (exact) mass is 438 g/mol. The number of amides is 1. The molecule has 4 nitrogen and oxygen atoms in total. The van der Waals surface area contributed by atoms with Crippen LogP contribution in [0.1, 0.15) is 75.1 Å². The third kappa shape index (κ3) is 16.1. The number of unbranched alkanes of at least 4 members (excludes halogenated alkanes) is 4. The van der Waals surface area contributed by atoms with Crippen molar-refractivity contribution in [2.75, 3.05) is 19.6 Å². The number of phenolic OH excluding ortho intramolecular Hbond substituents is 1. The van der Waals surface area contributed by atoms with Gasteiger partial charge in [0.15, 0.2) is 0 Å². The molecular formula is C28H42N2O2. The lowest BCUT2D eigenvalue weighted by Crippen LogP contribution is -2.24. The van der Waals surface area contributed by atoms with Crippen molar-refractivity contribution < 1.29 is 9.90 Å². The zero-order chi connectivity index (χ0) is 23.1. The Morgan fingerprint density at radius 3 is 2.03 bits per heavy atom. The molecule has 0 fully saturated rings. The third-order valence-corrected chi connectivity index (χ3v) is 4.92. The van der Waals surface area contributed by atoms with Crippen LogP contribution in [-0.2, 0) is 0 Å². The summed E-state index contributed by atoms with van der Waals surface area (Å²) < 4.78 is 0. The van der Waals surface area contributed by atoms with Gasteiger partial charge in [0.25, 0.3) is 5.91 Å². The number of nitrogens with one attached hydrogen (secondary N) is 2. The molecule has 0 spiro atoms. The number of allylic oxidation sites excluding steroid dienone is 7. The molecule has 1 rings (SSSR count). The van der Waals surface area contributed by atoms with Crippen LogP contribution in [0.2, 0.25) is 0 Å². The Balaban J connectivity index is 1.92. The Labute approximate surface area is 195 Å². The van der Waals surface area contributed by atoms with Crippen molar-refractivity contribution in [1.29, 1.82) is 0 Å². The van der Waals surface area contributed by atoms with Crippen LogP contribution in [0.15, 0.2) is 72.9 Å². The SMILES string of the molecule is CCCCCNC/C=C\C/C=C\C/C=C\C/C=C\CCCCNC(=O)c1ccc(O)cc1. The molecule has 0 aromatic heterocycles. The summed E-state index contributed by atoms with van der Waals surface area (Å²) in [5.41, 5.74) is 0.575. The highest BCUT2D eigenvalue weighted by molar-refractivity contribution is 5.94. The Hall–Kier alpha value is -2.59. The lowest BCUT2D eigenvalue weighted by Gasteiger charge is -2.04. The lowest BCUT2D eigenvalue weighted by atomic mass is 10.2. The minimum absolute atomic E-state index is 0.0921. The maximum Gasteiger partial charge on any atom is 0.251 e. The largest absolute Gasteiger partial charge is 0.508 e. The molecule has 0 atom stereocenters. The van der Waals surface area contributed by atoms with Crippen molar-refractivity contribution in [1.82, 2.24) is 10.6 Å². The van der Waals surface area contributed by atoms with Crippen molar-refractivity contribution in [3.05, 3.63) is 78.4 Å². The summed E-state index contributed by atoms with van der Waals surface area (Å²) in [5, 5.41) is 15.6. The number of hydrogen-bond donors (Lipinski definition) is 3. The van der Waals surface area contributed by atoms with Crippen LogP contribution in [0.5, 0.6) is 5.75 Å². The summed E-state index contributed by atoms with van der Waals surface area (Å²) >= 11 is 0. The van der Waals surface area contributed by atoms with E-state index in [1.54, 1.807) is 12.1 Å². The van der Waals surface area contributed by atoms with Crippen molar-refractivity contribution in [3.8, 4) is 5.75 Å². The van der Waals surface area contributed by atoms with E-state index in [1.165, 1.54) is 31.4 Å². The molecule has 0 aliphatic carbocycles. The smallest absolute Gasteiger partial charge is 0.251 e. The van der Waals surface area contributed by atoms with Crippen molar-refractivity contribution in [2.24, 2.45) is 0 Å². The first-order valence-electron chi connectivity index (χ1n) is 12.1. The van der Waals surface area contributed by atoms with Crippen molar-refractivity contribution in [2.45, 2.75) is 64.7 Å². The van der Waals surface area contributed by atoms with Crippen LogP contribution in [0, 0.1) is 0 Å². The molecule has 176 valence electrons. The van der Waals surface area contributed by atoms with E-state index in [2.05, 4.69) is 66.2 Å². The molecule has 0 aliphatic rings. The Morgan fingerprint density at radius 1 is 0.781 bits per heavy atom. The second kappa shape index (κ2) is 20.3. The van der Waals surface area contributed by atoms with Gasteiger partial charge in [-0.25, -0.2) is 0 Å². The number of carbonyl (C=O) groups excluding carboxylic acids is 1. The van der Waals surface area contributed by atoms with Gasteiger partial charge in [-0.3, -0.25) is 4.79 Å². The van der Waals surface area contributed by atoms with E-state index in [0.29, 0.717) is 12.1 Å². The van der Waals surface area contributed by atoms with E-state index < -0.39 is 0 Å². The van der Waals surface area contributed by atoms with E-state index in [4.69, 9.17) is 0 Å². The summed E-state index contributed by atoms with van der Waals surface area (Å²) in [5.74, 6) is 0.0784. The lowest BCUT2D eigenvalue weighted by molar-refractivity contribution is 0.0953. The highest BCUT2D eigenvalue weighted by atomic mass is 16.3. The first-order valence-corrected chi connectivity index (χ1v) is 12.1. The van der Waals surface area contributed by atoms with Crippen molar-refractivity contribution in [3.63, 3.8) is 0 Å². The van der Waals surface area contributed by atoms with Gasteiger partial charge in [-0.1, -0.05) is 68.4 Å². The van der Waals surface area contributed by atoms with Gasteiger partial charge in [0.1, 0.15) is 5.75 Å². The molecule has 0 unspecified atom stereocenters. The first kappa shape index (κ1) is 27.4. The van der Waals surface area contributed by atoms with Crippen LogP contribution >= 0.6 is 0 Å². The Bertz CT molecular complexity index is 703. The van der Waals surface area contributed by atoms with Gasteiger partial charge in [0.05, 0.1) is 0 Å². The predicted octanol–water partition coefficient (Wildman–Crippen LogP) is 6.47. The second-order valence-corrected chi connectivity index (χ2v) is 7.80. The molecule has 1 aromatic rings.